The molecule has 0 aromatic carbocycles. The molecule has 3 heterocycles. The molecular formula is C13H15N3O2S. The number of aromatic carboxylic acids is 1. The van der Waals surface area contributed by atoms with Crippen molar-refractivity contribution >= 4 is 23.4 Å². The molecule has 0 spiro atoms. The molecule has 1 aliphatic rings. The first-order valence-corrected chi connectivity index (χ1v) is 7.54. The average molecular weight is 277 g/mol. The number of rotatable bonds is 3. The fourth-order valence-electron chi connectivity index (χ4n) is 2.35. The molecule has 2 aromatic rings. The van der Waals surface area contributed by atoms with E-state index < -0.39 is 5.97 Å². The summed E-state index contributed by atoms with van der Waals surface area (Å²) in [6, 6.07) is 3.27. The van der Waals surface area contributed by atoms with Crippen LogP contribution in [0.5, 0.6) is 0 Å². The minimum atomic E-state index is -0.941. The van der Waals surface area contributed by atoms with Crippen molar-refractivity contribution in [3.63, 3.8) is 0 Å². The molecule has 2 aromatic heterocycles. The van der Waals surface area contributed by atoms with Crippen LogP contribution >= 0.6 is 11.8 Å². The lowest BCUT2D eigenvalue weighted by atomic mass is 9.99. The molecule has 0 amide bonds. The Labute approximate surface area is 115 Å². The monoisotopic (exact) mass is 277 g/mol. The highest BCUT2D eigenvalue weighted by molar-refractivity contribution is 7.99. The van der Waals surface area contributed by atoms with Gasteiger partial charge in [0.2, 0.25) is 0 Å². The summed E-state index contributed by atoms with van der Waals surface area (Å²) >= 11 is 2.01. The lowest BCUT2D eigenvalue weighted by Gasteiger charge is -2.19. The Morgan fingerprint density at radius 3 is 2.95 bits per heavy atom. The Bertz CT molecular complexity index is 605. The number of pyridine rings is 1. The van der Waals surface area contributed by atoms with E-state index in [4.69, 9.17) is 5.11 Å². The summed E-state index contributed by atoms with van der Waals surface area (Å²) in [4.78, 5) is 15.4. The lowest BCUT2D eigenvalue weighted by Crippen LogP contribution is -2.13. The fourth-order valence-corrected chi connectivity index (χ4v) is 3.55. The van der Waals surface area contributed by atoms with Gasteiger partial charge in [-0.2, -0.15) is 16.9 Å². The largest absolute Gasteiger partial charge is 0.478 e. The second-order valence-corrected chi connectivity index (χ2v) is 6.04. The van der Waals surface area contributed by atoms with Gasteiger partial charge >= 0.3 is 5.97 Å². The van der Waals surface area contributed by atoms with Crippen LogP contribution in [0, 0.1) is 5.92 Å². The standard InChI is InChI=1S/C13H15N3O2S/c17-13(18)10-1-2-12-14-11(15-16(12)8-10)7-9-3-5-19-6-4-9/h1-2,8-9H,3-7H2,(H,17,18). The van der Waals surface area contributed by atoms with Gasteiger partial charge in [-0.1, -0.05) is 0 Å². The molecule has 19 heavy (non-hydrogen) atoms. The Balaban J connectivity index is 1.82. The molecule has 5 nitrogen and oxygen atoms in total. The van der Waals surface area contributed by atoms with E-state index in [1.807, 2.05) is 11.8 Å². The summed E-state index contributed by atoms with van der Waals surface area (Å²) in [7, 11) is 0. The maximum atomic E-state index is 10.9. The molecule has 0 bridgehead atoms. The molecule has 6 heteroatoms. The van der Waals surface area contributed by atoms with Crippen LogP contribution in [0.3, 0.4) is 0 Å². The quantitative estimate of drug-likeness (QED) is 0.930. The number of fused-ring (bicyclic) bond motifs is 1. The van der Waals surface area contributed by atoms with E-state index in [0.717, 1.165) is 12.2 Å². The first-order valence-electron chi connectivity index (χ1n) is 6.39. The molecule has 0 aliphatic carbocycles. The van der Waals surface area contributed by atoms with Crippen molar-refractivity contribution in [1.29, 1.82) is 0 Å². The zero-order valence-corrected chi connectivity index (χ0v) is 11.3. The van der Waals surface area contributed by atoms with Crippen LogP contribution in [0.4, 0.5) is 0 Å². The molecule has 0 unspecified atom stereocenters. The van der Waals surface area contributed by atoms with Crippen LogP contribution in [0.15, 0.2) is 18.3 Å². The number of carboxylic acid groups (broad SMARTS) is 1. The van der Waals surface area contributed by atoms with Crippen LogP contribution < -0.4 is 0 Å². The highest BCUT2D eigenvalue weighted by Gasteiger charge is 2.17. The molecule has 3 rings (SSSR count). The third-order valence-corrected chi connectivity index (χ3v) is 4.48. The van der Waals surface area contributed by atoms with Gasteiger partial charge < -0.3 is 5.11 Å². The maximum Gasteiger partial charge on any atom is 0.337 e. The van der Waals surface area contributed by atoms with Gasteiger partial charge in [0.1, 0.15) is 0 Å². The molecular weight excluding hydrogens is 262 g/mol. The summed E-state index contributed by atoms with van der Waals surface area (Å²) < 4.78 is 1.57. The Kier molecular flexibility index (Phi) is 3.42. The van der Waals surface area contributed by atoms with E-state index in [9.17, 15) is 4.79 Å². The van der Waals surface area contributed by atoms with Crippen molar-refractivity contribution in [2.75, 3.05) is 11.5 Å². The molecule has 1 N–H and O–H groups in total. The first kappa shape index (κ1) is 12.5. The molecule has 1 saturated heterocycles. The molecule has 100 valence electrons. The maximum absolute atomic E-state index is 10.9. The summed E-state index contributed by atoms with van der Waals surface area (Å²) in [5.41, 5.74) is 0.947. The molecule has 0 atom stereocenters. The third kappa shape index (κ3) is 2.73. The van der Waals surface area contributed by atoms with Gasteiger partial charge in [-0.25, -0.2) is 14.3 Å². The third-order valence-electron chi connectivity index (χ3n) is 3.43. The summed E-state index contributed by atoms with van der Waals surface area (Å²) in [5, 5.41) is 13.3. The molecule has 1 fully saturated rings. The van der Waals surface area contributed by atoms with Gasteiger partial charge in [-0.05, 0) is 42.4 Å². The summed E-state index contributed by atoms with van der Waals surface area (Å²) in [5.74, 6) is 2.99. The number of nitrogens with zero attached hydrogens (tertiary/aromatic N) is 3. The first-order chi connectivity index (χ1) is 9.22. The SMILES string of the molecule is O=C(O)c1ccc2nc(CC3CCSCC3)nn2c1. The van der Waals surface area contributed by atoms with Gasteiger partial charge in [0.05, 0.1) is 5.56 Å². The predicted molar refractivity (Wildman–Crippen MR) is 73.7 cm³/mol. The van der Waals surface area contributed by atoms with E-state index in [-0.39, 0.29) is 5.56 Å². The van der Waals surface area contributed by atoms with E-state index in [1.54, 1.807) is 16.6 Å². The Hall–Kier alpha value is -1.56. The molecule has 1 aliphatic heterocycles. The van der Waals surface area contributed by atoms with Gasteiger partial charge in [0, 0.05) is 12.6 Å². The van der Waals surface area contributed by atoms with Crippen molar-refractivity contribution in [2.24, 2.45) is 5.92 Å². The number of aromatic nitrogens is 3. The van der Waals surface area contributed by atoms with Gasteiger partial charge in [-0.15, -0.1) is 0 Å². The van der Waals surface area contributed by atoms with Gasteiger partial charge in [0.25, 0.3) is 0 Å². The van der Waals surface area contributed by atoms with E-state index in [2.05, 4.69) is 10.1 Å². The minimum absolute atomic E-state index is 0.234. The van der Waals surface area contributed by atoms with Crippen LogP contribution in [-0.2, 0) is 6.42 Å². The fraction of sp³-hybridized carbons (Fsp3) is 0.462. The van der Waals surface area contributed by atoms with E-state index in [0.29, 0.717) is 11.6 Å². The van der Waals surface area contributed by atoms with Crippen LogP contribution in [0.25, 0.3) is 5.65 Å². The molecule has 0 radical (unpaired) electrons. The highest BCUT2D eigenvalue weighted by Crippen LogP contribution is 2.25. The topological polar surface area (TPSA) is 67.5 Å². The van der Waals surface area contributed by atoms with Crippen molar-refractivity contribution in [1.82, 2.24) is 14.6 Å². The van der Waals surface area contributed by atoms with Gasteiger partial charge in [-0.3, -0.25) is 0 Å². The average Bonchev–Trinajstić information content (AvgIpc) is 2.80. The summed E-state index contributed by atoms with van der Waals surface area (Å²) in [6.07, 6.45) is 4.86. The zero-order chi connectivity index (χ0) is 13.2. The number of carbonyl (C=O) groups is 1. The van der Waals surface area contributed by atoms with Crippen molar-refractivity contribution in [3.05, 3.63) is 29.7 Å². The van der Waals surface area contributed by atoms with Crippen molar-refractivity contribution in [2.45, 2.75) is 19.3 Å². The number of thioether (sulfide) groups is 1. The zero-order valence-electron chi connectivity index (χ0n) is 10.5. The second kappa shape index (κ2) is 5.21. The Morgan fingerprint density at radius 2 is 2.21 bits per heavy atom. The lowest BCUT2D eigenvalue weighted by molar-refractivity contribution is 0.0696. The van der Waals surface area contributed by atoms with Crippen LogP contribution in [0.2, 0.25) is 0 Å². The molecule has 0 saturated carbocycles. The highest BCUT2D eigenvalue weighted by atomic mass is 32.2. The van der Waals surface area contributed by atoms with E-state index >= 15 is 0 Å². The normalized spacial score (nSPS) is 16.8. The van der Waals surface area contributed by atoms with Crippen molar-refractivity contribution < 1.29 is 9.90 Å². The number of hydrogen-bond acceptors (Lipinski definition) is 4. The van der Waals surface area contributed by atoms with Crippen LogP contribution in [0.1, 0.15) is 29.0 Å². The Morgan fingerprint density at radius 1 is 1.42 bits per heavy atom. The van der Waals surface area contributed by atoms with E-state index in [1.165, 1.54) is 30.5 Å². The minimum Gasteiger partial charge on any atom is -0.478 e. The number of carboxylic acids is 1. The van der Waals surface area contributed by atoms with Gasteiger partial charge in [0.15, 0.2) is 11.5 Å². The summed E-state index contributed by atoms with van der Waals surface area (Å²) in [6.45, 7) is 0. The number of hydrogen-bond donors (Lipinski definition) is 1. The smallest absolute Gasteiger partial charge is 0.337 e. The van der Waals surface area contributed by atoms with Crippen molar-refractivity contribution in [3.8, 4) is 0 Å². The second-order valence-electron chi connectivity index (χ2n) is 4.81. The predicted octanol–water partition coefficient (Wildman–Crippen LogP) is 2.11. The van der Waals surface area contributed by atoms with Crippen LogP contribution in [-0.4, -0.2) is 37.2 Å².